The molecule has 1 rings (SSSR count). The van der Waals surface area contributed by atoms with Crippen LogP contribution in [0, 0.1) is 0 Å². The molecule has 2 N–H and O–H groups in total. The molecule has 0 fully saturated rings. The second-order valence-electron chi connectivity index (χ2n) is 4.98. The lowest BCUT2D eigenvalue weighted by Gasteiger charge is -2.33. The highest BCUT2D eigenvalue weighted by Gasteiger charge is 2.36. The number of aliphatic hydroxyl groups is 1. The van der Waals surface area contributed by atoms with Gasteiger partial charge in [-0.25, -0.2) is 13.2 Å². The van der Waals surface area contributed by atoms with E-state index in [2.05, 4.69) is 0 Å². The fourth-order valence-corrected chi connectivity index (χ4v) is 3.90. The van der Waals surface area contributed by atoms with Crippen LogP contribution in [0.5, 0.6) is 0 Å². The quantitative estimate of drug-likeness (QED) is 0.842. The summed E-state index contributed by atoms with van der Waals surface area (Å²) < 4.78 is 26.0. The van der Waals surface area contributed by atoms with Crippen LogP contribution in [-0.4, -0.2) is 48.1 Å². The molecule has 1 aromatic rings. The van der Waals surface area contributed by atoms with Crippen LogP contribution in [0.4, 0.5) is 0 Å². The molecule has 0 unspecified atom stereocenters. The lowest BCUT2D eigenvalue weighted by atomic mass is 10.1. The number of halogens is 2. The number of aliphatic hydroxyl groups excluding tert-OH is 1. The van der Waals surface area contributed by atoms with E-state index < -0.39 is 38.7 Å². The van der Waals surface area contributed by atoms with Crippen LogP contribution in [0.15, 0.2) is 17.0 Å². The minimum absolute atomic E-state index is 0.157. The van der Waals surface area contributed by atoms with Gasteiger partial charge in [0.1, 0.15) is 4.90 Å². The topological polar surface area (TPSA) is 94.9 Å². The molecule has 0 aliphatic heterocycles. The van der Waals surface area contributed by atoms with E-state index in [0.717, 1.165) is 16.4 Å². The third kappa shape index (κ3) is 3.32. The van der Waals surface area contributed by atoms with E-state index in [-0.39, 0.29) is 9.92 Å². The second kappa shape index (κ2) is 6.10. The van der Waals surface area contributed by atoms with Crippen LogP contribution < -0.4 is 0 Å². The molecule has 0 radical (unpaired) electrons. The molecular formula is C12H15Cl2NO5S. The average Bonchev–Trinajstić information content (AvgIpc) is 2.36. The number of carboxylic acid groups (broad SMARTS) is 1. The highest BCUT2D eigenvalue weighted by Crippen LogP contribution is 2.34. The van der Waals surface area contributed by atoms with E-state index in [4.69, 9.17) is 28.3 Å². The third-order valence-electron chi connectivity index (χ3n) is 3.15. The van der Waals surface area contributed by atoms with Crippen molar-refractivity contribution in [1.82, 2.24) is 4.31 Å². The second-order valence-corrected chi connectivity index (χ2v) is 7.71. The molecule has 9 heteroatoms. The van der Waals surface area contributed by atoms with Crippen molar-refractivity contribution in [3.8, 4) is 0 Å². The summed E-state index contributed by atoms with van der Waals surface area (Å²) in [6.07, 6.45) is 0. The number of rotatable bonds is 5. The van der Waals surface area contributed by atoms with Crippen molar-refractivity contribution in [1.29, 1.82) is 0 Å². The Labute approximate surface area is 132 Å². The van der Waals surface area contributed by atoms with E-state index >= 15 is 0 Å². The number of carbonyl (C=O) groups is 1. The number of carboxylic acids is 1. The molecule has 0 saturated carbocycles. The summed E-state index contributed by atoms with van der Waals surface area (Å²) in [4.78, 5) is 10.7. The number of hydrogen-bond acceptors (Lipinski definition) is 4. The maximum Gasteiger partial charge on any atom is 0.338 e. The van der Waals surface area contributed by atoms with Crippen LogP contribution in [0.25, 0.3) is 0 Å². The van der Waals surface area contributed by atoms with Crippen molar-refractivity contribution in [2.24, 2.45) is 0 Å². The van der Waals surface area contributed by atoms with Crippen molar-refractivity contribution in [3.05, 3.63) is 27.7 Å². The first kappa shape index (κ1) is 18.2. The minimum Gasteiger partial charge on any atom is -0.478 e. The Morgan fingerprint density at radius 2 is 1.86 bits per heavy atom. The summed E-state index contributed by atoms with van der Waals surface area (Å²) >= 11 is 11.6. The van der Waals surface area contributed by atoms with Gasteiger partial charge in [-0.15, -0.1) is 0 Å². The van der Waals surface area contributed by atoms with Gasteiger partial charge in [0.2, 0.25) is 10.0 Å². The van der Waals surface area contributed by atoms with E-state index in [0.29, 0.717) is 0 Å². The zero-order chi connectivity index (χ0) is 16.6. The zero-order valence-electron chi connectivity index (χ0n) is 11.6. The first-order valence-electron chi connectivity index (χ1n) is 5.78. The van der Waals surface area contributed by atoms with E-state index in [9.17, 15) is 18.3 Å². The lowest BCUT2D eigenvalue weighted by molar-refractivity contribution is 0.0697. The summed E-state index contributed by atoms with van der Waals surface area (Å²) in [5.74, 6) is -1.42. The standard InChI is InChI=1S/C12H15Cl2NO5S/c1-12(2,6-16)15(3)21(19,20)8-5-4-7(13)9(10(8)14)11(17)18/h4-5,16H,6H2,1-3H3,(H,17,18). The van der Waals surface area contributed by atoms with E-state index in [1.54, 1.807) is 0 Å². The normalized spacial score (nSPS) is 12.7. The molecular weight excluding hydrogens is 341 g/mol. The molecule has 118 valence electrons. The van der Waals surface area contributed by atoms with Gasteiger partial charge in [-0.05, 0) is 26.0 Å². The molecule has 0 saturated heterocycles. The summed E-state index contributed by atoms with van der Waals surface area (Å²) in [5, 5.41) is 17.7. The van der Waals surface area contributed by atoms with Crippen LogP contribution in [0.3, 0.4) is 0 Å². The number of sulfonamides is 1. The Kier molecular flexibility index (Phi) is 5.28. The molecule has 1 aromatic carbocycles. The van der Waals surface area contributed by atoms with Gasteiger partial charge >= 0.3 is 5.97 Å². The number of likely N-dealkylation sites (N-methyl/N-ethyl adjacent to an activating group) is 1. The van der Waals surface area contributed by atoms with Gasteiger partial charge in [-0.2, -0.15) is 4.31 Å². The van der Waals surface area contributed by atoms with Gasteiger partial charge in [0, 0.05) is 7.05 Å². The molecule has 0 aromatic heterocycles. The summed E-state index contributed by atoms with van der Waals surface area (Å²) in [6, 6.07) is 2.29. The lowest BCUT2D eigenvalue weighted by Crippen LogP contribution is -2.47. The van der Waals surface area contributed by atoms with Crippen LogP contribution in [-0.2, 0) is 10.0 Å². The molecule has 0 spiro atoms. The van der Waals surface area contributed by atoms with Crippen LogP contribution in [0.1, 0.15) is 24.2 Å². The molecule has 0 amide bonds. The van der Waals surface area contributed by atoms with Crippen LogP contribution in [0.2, 0.25) is 10.0 Å². The number of benzene rings is 1. The van der Waals surface area contributed by atoms with Crippen molar-refractivity contribution in [3.63, 3.8) is 0 Å². The fraction of sp³-hybridized carbons (Fsp3) is 0.417. The van der Waals surface area contributed by atoms with Gasteiger partial charge < -0.3 is 10.2 Å². The van der Waals surface area contributed by atoms with Gasteiger partial charge in [0.25, 0.3) is 0 Å². The zero-order valence-corrected chi connectivity index (χ0v) is 13.9. The first-order valence-corrected chi connectivity index (χ1v) is 7.97. The Bertz CT molecular complexity index is 672. The monoisotopic (exact) mass is 355 g/mol. The SMILES string of the molecule is CN(C(C)(C)CO)S(=O)(=O)c1ccc(Cl)c(C(=O)O)c1Cl. The maximum absolute atomic E-state index is 12.5. The van der Waals surface area contributed by atoms with Gasteiger partial charge in [0.15, 0.2) is 0 Å². The van der Waals surface area contributed by atoms with Gasteiger partial charge in [-0.1, -0.05) is 23.2 Å². The fourth-order valence-electron chi connectivity index (χ4n) is 1.50. The Hall–Kier alpha value is -0.860. The predicted octanol–water partition coefficient (Wildman–Crippen LogP) is 2.08. The number of nitrogens with zero attached hydrogens (tertiary/aromatic N) is 1. The highest BCUT2D eigenvalue weighted by atomic mass is 35.5. The Morgan fingerprint density at radius 3 is 2.29 bits per heavy atom. The highest BCUT2D eigenvalue weighted by molar-refractivity contribution is 7.89. The smallest absolute Gasteiger partial charge is 0.338 e. The average molecular weight is 356 g/mol. The largest absolute Gasteiger partial charge is 0.478 e. The molecule has 0 aliphatic carbocycles. The van der Waals surface area contributed by atoms with Gasteiger partial charge in [-0.3, -0.25) is 0 Å². The predicted molar refractivity (Wildman–Crippen MR) is 79.5 cm³/mol. The molecule has 6 nitrogen and oxygen atoms in total. The van der Waals surface area contributed by atoms with Crippen molar-refractivity contribution >= 4 is 39.2 Å². The molecule has 0 atom stereocenters. The number of aromatic carboxylic acids is 1. The molecule has 0 aliphatic rings. The minimum atomic E-state index is -4.09. The molecule has 0 heterocycles. The number of hydrogen-bond donors (Lipinski definition) is 2. The van der Waals surface area contributed by atoms with Crippen molar-refractivity contribution in [2.75, 3.05) is 13.7 Å². The van der Waals surface area contributed by atoms with Crippen LogP contribution >= 0.6 is 23.2 Å². The summed E-state index contributed by atoms with van der Waals surface area (Å²) in [7, 11) is -2.82. The van der Waals surface area contributed by atoms with Gasteiger partial charge in [0.05, 0.1) is 27.8 Å². The maximum atomic E-state index is 12.5. The Morgan fingerprint density at radius 1 is 1.33 bits per heavy atom. The van der Waals surface area contributed by atoms with Crippen molar-refractivity contribution in [2.45, 2.75) is 24.3 Å². The first-order chi connectivity index (χ1) is 9.46. The third-order valence-corrected chi connectivity index (χ3v) is 6.08. The van der Waals surface area contributed by atoms with Crippen molar-refractivity contribution < 1.29 is 23.4 Å². The van der Waals surface area contributed by atoms with E-state index in [1.165, 1.54) is 20.9 Å². The summed E-state index contributed by atoms with van der Waals surface area (Å²) in [6.45, 7) is 2.62. The van der Waals surface area contributed by atoms with E-state index in [1.807, 2.05) is 0 Å². The Balaban J connectivity index is 3.54. The molecule has 21 heavy (non-hydrogen) atoms. The molecule has 0 bridgehead atoms. The summed E-state index contributed by atoms with van der Waals surface area (Å²) in [5.41, 5.74) is -1.56.